The summed E-state index contributed by atoms with van der Waals surface area (Å²) < 4.78 is 30.8. The van der Waals surface area contributed by atoms with Gasteiger partial charge in [-0.25, -0.2) is 13.1 Å². The Morgan fingerprint density at radius 1 is 1.28 bits per heavy atom. The van der Waals surface area contributed by atoms with Crippen molar-refractivity contribution >= 4 is 39.2 Å². The number of ether oxygens (including phenoxy) is 1. The van der Waals surface area contributed by atoms with E-state index in [1.165, 1.54) is 13.8 Å². The van der Waals surface area contributed by atoms with E-state index in [0.29, 0.717) is 17.1 Å². The Kier molecular flexibility index (Phi) is 8.34. The van der Waals surface area contributed by atoms with Crippen LogP contribution in [0, 0.1) is 0 Å². The zero-order valence-corrected chi connectivity index (χ0v) is 16.0. The van der Waals surface area contributed by atoms with E-state index in [1.807, 2.05) is 6.92 Å². The molecule has 0 radical (unpaired) electrons. The van der Waals surface area contributed by atoms with Crippen LogP contribution >= 0.6 is 11.6 Å². The molecule has 0 aliphatic rings. The number of halogens is 1. The molecule has 2 N–H and O–H groups in total. The highest BCUT2D eigenvalue weighted by molar-refractivity contribution is 7.89. The topological polar surface area (TPSA) is 102 Å². The number of carbonyl (C=O) groups is 2. The number of esters is 1. The van der Waals surface area contributed by atoms with E-state index < -0.39 is 34.0 Å². The third-order valence-corrected chi connectivity index (χ3v) is 5.00. The molecule has 25 heavy (non-hydrogen) atoms. The number of anilines is 1. The van der Waals surface area contributed by atoms with E-state index in [0.717, 1.165) is 6.42 Å². The fourth-order valence-electron chi connectivity index (χ4n) is 1.85. The van der Waals surface area contributed by atoms with Crippen LogP contribution in [0.5, 0.6) is 0 Å². The number of rotatable bonds is 9. The molecule has 1 aromatic carbocycles. The summed E-state index contributed by atoms with van der Waals surface area (Å²) in [6.07, 6.45) is 0.129. The summed E-state index contributed by atoms with van der Waals surface area (Å²) in [6, 6.07) is 5.44. The first-order valence-corrected chi connectivity index (χ1v) is 9.94. The van der Waals surface area contributed by atoms with Crippen LogP contribution in [0.4, 0.5) is 5.69 Å². The summed E-state index contributed by atoms with van der Waals surface area (Å²) in [4.78, 5) is 24.0. The third-order valence-electron chi connectivity index (χ3n) is 3.23. The van der Waals surface area contributed by atoms with E-state index in [9.17, 15) is 18.0 Å². The maximum Gasteiger partial charge on any atom is 0.324 e. The summed E-state index contributed by atoms with van der Waals surface area (Å²) in [5.74, 6) is -1.43. The van der Waals surface area contributed by atoms with Crippen LogP contribution in [-0.2, 0) is 24.3 Å². The number of unbranched alkanes of at least 4 members (excludes halogenated alkanes) is 1. The Hall–Kier alpha value is -1.64. The van der Waals surface area contributed by atoms with Crippen LogP contribution in [0.25, 0.3) is 0 Å². The van der Waals surface area contributed by atoms with E-state index in [-0.39, 0.29) is 5.75 Å². The SMILES string of the molecule is CCCCS(=O)(=O)N[C@@H](C)C(=O)O[C@H](C)C(=O)Nc1cccc(Cl)c1. The predicted octanol–water partition coefficient (Wildman–Crippen LogP) is 2.32. The highest BCUT2D eigenvalue weighted by Gasteiger charge is 2.25. The van der Waals surface area contributed by atoms with Crippen molar-refractivity contribution < 1.29 is 22.7 Å². The molecule has 9 heteroatoms. The summed E-state index contributed by atoms with van der Waals surface area (Å²) >= 11 is 5.83. The molecule has 1 rings (SSSR count). The number of amides is 1. The molecule has 140 valence electrons. The number of benzene rings is 1. The van der Waals surface area contributed by atoms with Crippen molar-refractivity contribution in [3.8, 4) is 0 Å². The number of hydrogen-bond donors (Lipinski definition) is 2. The van der Waals surface area contributed by atoms with Gasteiger partial charge in [0, 0.05) is 10.7 Å². The second kappa shape index (κ2) is 9.74. The highest BCUT2D eigenvalue weighted by Crippen LogP contribution is 2.15. The van der Waals surface area contributed by atoms with Crippen LogP contribution in [0.2, 0.25) is 5.02 Å². The van der Waals surface area contributed by atoms with Gasteiger partial charge in [0.2, 0.25) is 10.0 Å². The Balaban J connectivity index is 2.55. The van der Waals surface area contributed by atoms with Gasteiger partial charge in [0.25, 0.3) is 5.91 Å². The largest absolute Gasteiger partial charge is 0.451 e. The van der Waals surface area contributed by atoms with Gasteiger partial charge in [-0.15, -0.1) is 0 Å². The van der Waals surface area contributed by atoms with E-state index in [1.54, 1.807) is 24.3 Å². The lowest BCUT2D eigenvalue weighted by Gasteiger charge is -2.17. The molecule has 1 amide bonds. The molecule has 7 nitrogen and oxygen atoms in total. The molecule has 2 atom stereocenters. The summed E-state index contributed by atoms with van der Waals surface area (Å²) in [5.41, 5.74) is 0.466. The minimum atomic E-state index is -3.56. The van der Waals surface area contributed by atoms with Crippen molar-refractivity contribution in [1.29, 1.82) is 0 Å². The van der Waals surface area contributed by atoms with Gasteiger partial charge in [-0.05, 0) is 38.5 Å². The van der Waals surface area contributed by atoms with Crippen molar-refractivity contribution in [1.82, 2.24) is 4.72 Å². The maximum atomic E-state index is 12.0. The fourth-order valence-corrected chi connectivity index (χ4v) is 3.46. The zero-order chi connectivity index (χ0) is 19.0. The molecule has 0 spiro atoms. The Morgan fingerprint density at radius 3 is 2.56 bits per heavy atom. The normalized spacial score (nSPS) is 13.8. The van der Waals surface area contributed by atoms with Crippen molar-refractivity contribution in [2.24, 2.45) is 0 Å². The van der Waals surface area contributed by atoms with Crippen molar-refractivity contribution in [3.05, 3.63) is 29.3 Å². The fraction of sp³-hybridized carbons (Fsp3) is 0.500. The van der Waals surface area contributed by atoms with Crippen LogP contribution < -0.4 is 10.0 Å². The van der Waals surface area contributed by atoms with E-state index in [2.05, 4.69) is 10.0 Å². The van der Waals surface area contributed by atoms with Crippen LogP contribution in [0.15, 0.2) is 24.3 Å². The van der Waals surface area contributed by atoms with Gasteiger partial charge >= 0.3 is 5.97 Å². The summed E-state index contributed by atoms with van der Waals surface area (Å²) in [7, 11) is -3.56. The number of hydrogen-bond acceptors (Lipinski definition) is 5. The van der Waals surface area contributed by atoms with Crippen molar-refractivity contribution in [2.75, 3.05) is 11.1 Å². The minimum absolute atomic E-state index is 0.0636. The zero-order valence-electron chi connectivity index (χ0n) is 14.4. The average molecular weight is 391 g/mol. The number of carbonyl (C=O) groups excluding carboxylic acids is 2. The highest BCUT2D eigenvalue weighted by atomic mass is 35.5. The Bertz CT molecular complexity index is 708. The molecule has 0 aliphatic carbocycles. The lowest BCUT2D eigenvalue weighted by atomic mass is 10.3. The van der Waals surface area contributed by atoms with Gasteiger partial charge in [0.1, 0.15) is 6.04 Å². The van der Waals surface area contributed by atoms with Gasteiger partial charge in [0.15, 0.2) is 6.10 Å². The first-order valence-electron chi connectivity index (χ1n) is 7.91. The molecule has 0 bridgehead atoms. The lowest BCUT2D eigenvalue weighted by Crippen LogP contribution is -2.43. The smallest absolute Gasteiger partial charge is 0.324 e. The predicted molar refractivity (Wildman–Crippen MR) is 96.9 cm³/mol. The molecule has 0 heterocycles. The Morgan fingerprint density at radius 2 is 1.96 bits per heavy atom. The second-order valence-corrected chi connectivity index (χ2v) is 7.90. The van der Waals surface area contributed by atoms with Crippen LogP contribution in [0.3, 0.4) is 0 Å². The minimum Gasteiger partial charge on any atom is -0.451 e. The lowest BCUT2D eigenvalue weighted by molar-refractivity contribution is -0.154. The third kappa shape index (κ3) is 7.85. The van der Waals surface area contributed by atoms with Gasteiger partial charge in [-0.3, -0.25) is 9.59 Å². The number of nitrogens with one attached hydrogen (secondary N) is 2. The van der Waals surface area contributed by atoms with Crippen LogP contribution in [-0.4, -0.2) is 38.2 Å². The van der Waals surface area contributed by atoms with E-state index in [4.69, 9.17) is 16.3 Å². The van der Waals surface area contributed by atoms with Crippen molar-refractivity contribution in [3.63, 3.8) is 0 Å². The standard InChI is InChI=1S/C16H23ClN2O5S/c1-4-5-9-25(22,23)19-11(2)16(21)24-12(3)15(20)18-14-8-6-7-13(17)10-14/h6-8,10-12,19H,4-5,9H2,1-3H3,(H,18,20)/t11-,12+/m0/s1. The first kappa shape index (κ1) is 21.4. The average Bonchev–Trinajstić information content (AvgIpc) is 2.52. The second-order valence-electron chi connectivity index (χ2n) is 5.59. The molecule has 1 aromatic rings. The van der Waals surface area contributed by atoms with Gasteiger partial charge < -0.3 is 10.1 Å². The molecule has 0 saturated heterocycles. The van der Waals surface area contributed by atoms with Crippen LogP contribution in [0.1, 0.15) is 33.6 Å². The molecule has 0 aliphatic heterocycles. The summed E-state index contributed by atoms with van der Waals surface area (Å²) in [6.45, 7) is 4.64. The molecule has 0 unspecified atom stereocenters. The first-order chi connectivity index (χ1) is 11.6. The maximum absolute atomic E-state index is 12.0. The van der Waals surface area contributed by atoms with Crippen molar-refractivity contribution in [2.45, 2.75) is 45.8 Å². The molecular formula is C16H23ClN2O5S. The van der Waals surface area contributed by atoms with Gasteiger partial charge in [-0.2, -0.15) is 0 Å². The monoisotopic (exact) mass is 390 g/mol. The molecule has 0 fully saturated rings. The summed E-state index contributed by atoms with van der Waals surface area (Å²) in [5, 5.41) is 3.02. The van der Waals surface area contributed by atoms with Gasteiger partial charge in [0.05, 0.1) is 5.75 Å². The quantitative estimate of drug-likeness (QED) is 0.630. The number of sulfonamides is 1. The molecule has 0 saturated carbocycles. The van der Waals surface area contributed by atoms with E-state index >= 15 is 0 Å². The van der Waals surface area contributed by atoms with Gasteiger partial charge in [-0.1, -0.05) is 31.0 Å². The molecular weight excluding hydrogens is 368 g/mol. The Labute approximate surface area is 153 Å². The molecule has 0 aromatic heterocycles.